The smallest absolute Gasteiger partial charge is 0.264 e. The average molecular weight is 374 g/mol. The predicted octanol–water partition coefficient (Wildman–Crippen LogP) is 5.38. The van der Waals surface area contributed by atoms with Gasteiger partial charge in [0.2, 0.25) is 0 Å². The number of para-hydroxylation sites is 1. The van der Waals surface area contributed by atoms with Crippen LogP contribution < -0.4 is 5.32 Å². The lowest BCUT2D eigenvalue weighted by atomic mass is 10.0. The number of nitrogens with one attached hydrogen (secondary N) is 1. The number of hydrogen-bond donors (Lipinski definition) is 1. The van der Waals surface area contributed by atoms with Crippen LogP contribution in [0.1, 0.15) is 5.56 Å². The summed E-state index contributed by atoms with van der Waals surface area (Å²) in [6.45, 7) is 0. The highest BCUT2D eigenvalue weighted by molar-refractivity contribution is 8.18. The molecule has 0 spiro atoms. The molecule has 3 aromatic carbocycles. The van der Waals surface area contributed by atoms with E-state index in [1.165, 1.54) is 17.8 Å². The van der Waals surface area contributed by atoms with Crippen molar-refractivity contribution in [2.45, 2.75) is 0 Å². The number of amides is 1. The normalized spacial score (nSPS) is 16.7. The standard InChI is InChI=1S/C22H15FN2OS/c23-19-13-15(11-12-18(19)16-7-3-1-4-8-16)14-20-21(26)25-22(27-20)24-17-9-5-2-6-10-17/h1-14H,(H,24,25,26). The number of benzene rings is 3. The molecule has 1 N–H and O–H groups in total. The van der Waals surface area contributed by atoms with Crippen molar-refractivity contribution in [1.29, 1.82) is 0 Å². The van der Waals surface area contributed by atoms with Crippen LogP contribution in [-0.2, 0) is 4.79 Å². The maximum atomic E-state index is 14.5. The summed E-state index contributed by atoms with van der Waals surface area (Å²) in [5.74, 6) is -0.556. The topological polar surface area (TPSA) is 41.5 Å². The highest BCUT2D eigenvalue weighted by Gasteiger charge is 2.23. The molecule has 4 rings (SSSR count). The third-order valence-electron chi connectivity index (χ3n) is 4.01. The highest BCUT2D eigenvalue weighted by Crippen LogP contribution is 2.29. The lowest BCUT2D eigenvalue weighted by Crippen LogP contribution is -2.19. The van der Waals surface area contributed by atoms with Gasteiger partial charge in [-0.05, 0) is 47.2 Å². The summed E-state index contributed by atoms with van der Waals surface area (Å²) in [5, 5.41) is 3.25. The zero-order valence-corrected chi connectivity index (χ0v) is 15.0. The summed E-state index contributed by atoms with van der Waals surface area (Å²) < 4.78 is 14.5. The van der Waals surface area contributed by atoms with E-state index in [2.05, 4.69) is 10.3 Å². The van der Waals surface area contributed by atoms with E-state index in [1.54, 1.807) is 18.2 Å². The quantitative estimate of drug-likeness (QED) is 0.625. The average Bonchev–Trinajstić information content (AvgIpc) is 3.02. The number of hydrogen-bond acceptors (Lipinski definition) is 3. The molecule has 1 aliphatic heterocycles. The van der Waals surface area contributed by atoms with Crippen molar-refractivity contribution >= 4 is 34.6 Å². The third kappa shape index (κ3) is 3.99. The number of carbonyl (C=O) groups excluding carboxylic acids is 1. The van der Waals surface area contributed by atoms with Crippen LogP contribution in [0.5, 0.6) is 0 Å². The molecule has 1 fully saturated rings. The monoisotopic (exact) mass is 374 g/mol. The van der Waals surface area contributed by atoms with Gasteiger partial charge in [0.25, 0.3) is 5.91 Å². The Morgan fingerprint density at radius 1 is 0.926 bits per heavy atom. The first-order valence-corrected chi connectivity index (χ1v) is 9.20. The number of nitrogens with zero attached hydrogens (tertiary/aromatic N) is 1. The van der Waals surface area contributed by atoms with Gasteiger partial charge in [-0.15, -0.1) is 0 Å². The molecule has 1 aliphatic rings. The van der Waals surface area contributed by atoms with Gasteiger partial charge in [-0.25, -0.2) is 9.38 Å². The number of aliphatic imine (C=N–C) groups is 1. The van der Waals surface area contributed by atoms with Gasteiger partial charge in [0.15, 0.2) is 5.17 Å². The minimum Gasteiger partial charge on any atom is -0.300 e. The van der Waals surface area contributed by atoms with Crippen molar-refractivity contribution < 1.29 is 9.18 Å². The van der Waals surface area contributed by atoms with Crippen molar-refractivity contribution in [3.05, 3.63) is 95.1 Å². The van der Waals surface area contributed by atoms with E-state index in [9.17, 15) is 9.18 Å². The molecular formula is C22H15FN2OS. The number of carbonyl (C=O) groups is 1. The van der Waals surface area contributed by atoms with Crippen molar-refractivity contribution in [1.82, 2.24) is 5.32 Å². The predicted molar refractivity (Wildman–Crippen MR) is 109 cm³/mol. The van der Waals surface area contributed by atoms with Crippen LogP contribution in [0.4, 0.5) is 10.1 Å². The first-order chi connectivity index (χ1) is 13.2. The summed E-state index contributed by atoms with van der Waals surface area (Å²) in [7, 11) is 0. The second-order valence-electron chi connectivity index (χ2n) is 5.92. The van der Waals surface area contributed by atoms with Gasteiger partial charge in [-0.3, -0.25) is 4.79 Å². The second-order valence-corrected chi connectivity index (χ2v) is 6.95. The minimum absolute atomic E-state index is 0.234. The van der Waals surface area contributed by atoms with E-state index in [0.29, 0.717) is 21.2 Å². The Morgan fingerprint density at radius 2 is 1.63 bits per heavy atom. The number of halogens is 1. The van der Waals surface area contributed by atoms with Crippen LogP contribution in [0.25, 0.3) is 17.2 Å². The van der Waals surface area contributed by atoms with Crippen LogP contribution in [0.15, 0.2) is 88.8 Å². The summed E-state index contributed by atoms with van der Waals surface area (Å²) in [6.07, 6.45) is 1.67. The molecule has 1 heterocycles. The molecule has 27 heavy (non-hydrogen) atoms. The summed E-state index contributed by atoms with van der Waals surface area (Å²) in [4.78, 5) is 17.1. The van der Waals surface area contributed by atoms with E-state index >= 15 is 0 Å². The fourth-order valence-electron chi connectivity index (χ4n) is 2.72. The van der Waals surface area contributed by atoms with Crippen molar-refractivity contribution in [3.8, 4) is 11.1 Å². The molecule has 1 amide bonds. The largest absolute Gasteiger partial charge is 0.300 e. The van der Waals surface area contributed by atoms with Crippen molar-refractivity contribution in [2.75, 3.05) is 0 Å². The second kappa shape index (κ2) is 7.60. The van der Waals surface area contributed by atoms with E-state index in [-0.39, 0.29) is 11.7 Å². The van der Waals surface area contributed by atoms with E-state index in [0.717, 1.165) is 11.3 Å². The van der Waals surface area contributed by atoms with Gasteiger partial charge in [0, 0.05) is 5.56 Å². The first kappa shape index (κ1) is 17.2. The molecule has 0 bridgehead atoms. The number of rotatable bonds is 3. The van der Waals surface area contributed by atoms with Crippen LogP contribution in [0.2, 0.25) is 0 Å². The summed E-state index contributed by atoms with van der Waals surface area (Å²) >= 11 is 1.24. The molecule has 1 saturated heterocycles. The first-order valence-electron chi connectivity index (χ1n) is 8.39. The van der Waals surface area contributed by atoms with Gasteiger partial charge in [-0.2, -0.15) is 0 Å². The van der Waals surface area contributed by atoms with Crippen LogP contribution in [0.3, 0.4) is 0 Å². The molecule has 3 aromatic rings. The van der Waals surface area contributed by atoms with E-state index in [1.807, 2.05) is 60.7 Å². The maximum Gasteiger partial charge on any atom is 0.264 e. The maximum absolute atomic E-state index is 14.5. The Kier molecular flexibility index (Phi) is 4.85. The molecule has 132 valence electrons. The molecule has 0 unspecified atom stereocenters. The van der Waals surface area contributed by atoms with Crippen molar-refractivity contribution in [2.24, 2.45) is 4.99 Å². The highest BCUT2D eigenvalue weighted by atomic mass is 32.2. The Bertz CT molecular complexity index is 1050. The lowest BCUT2D eigenvalue weighted by molar-refractivity contribution is -0.115. The third-order valence-corrected chi connectivity index (χ3v) is 4.92. The van der Waals surface area contributed by atoms with E-state index in [4.69, 9.17) is 0 Å². The number of amidine groups is 1. The Balaban J connectivity index is 1.58. The van der Waals surface area contributed by atoms with E-state index < -0.39 is 0 Å². The Morgan fingerprint density at radius 3 is 2.33 bits per heavy atom. The molecule has 0 radical (unpaired) electrons. The van der Waals surface area contributed by atoms with Crippen LogP contribution in [0, 0.1) is 5.82 Å². The fraction of sp³-hybridized carbons (Fsp3) is 0. The molecule has 0 atom stereocenters. The fourth-order valence-corrected chi connectivity index (χ4v) is 3.57. The molecular weight excluding hydrogens is 359 g/mol. The zero-order chi connectivity index (χ0) is 18.6. The van der Waals surface area contributed by atoms with Gasteiger partial charge < -0.3 is 5.32 Å². The molecule has 5 heteroatoms. The summed E-state index contributed by atoms with van der Waals surface area (Å²) in [5.41, 5.74) is 2.75. The summed E-state index contributed by atoms with van der Waals surface area (Å²) in [6, 6.07) is 23.7. The Labute approximate surface area is 160 Å². The lowest BCUT2D eigenvalue weighted by Gasteiger charge is -2.04. The zero-order valence-electron chi connectivity index (χ0n) is 14.2. The van der Waals surface area contributed by atoms with Gasteiger partial charge in [-0.1, -0.05) is 60.7 Å². The van der Waals surface area contributed by atoms with Crippen molar-refractivity contribution in [3.63, 3.8) is 0 Å². The van der Waals surface area contributed by atoms with Gasteiger partial charge in [0.05, 0.1) is 10.6 Å². The molecule has 0 saturated carbocycles. The minimum atomic E-state index is -0.322. The SMILES string of the molecule is O=C1NC(=Nc2ccccc2)SC1=Cc1ccc(-c2ccccc2)c(F)c1. The Hall–Kier alpha value is -3.18. The van der Waals surface area contributed by atoms with Gasteiger partial charge in [0.1, 0.15) is 5.82 Å². The van der Waals surface area contributed by atoms with Gasteiger partial charge >= 0.3 is 0 Å². The molecule has 3 nitrogen and oxygen atoms in total. The molecule has 0 aromatic heterocycles. The molecule has 0 aliphatic carbocycles. The van der Waals surface area contributed by atoms with Crippen LogP contribution in [-0.4, -0.2) is 11.1 Å². The van der Waals surface area contributed by atoms with Crippen LogP contribution >= 0.6 is 11.8 Å². The number of thioether (sulfide) groups is 1.